The number of rotatable bonds is 12. The van der Waals surface area contributed by atoms with Gasteiger partial charge < -0.3 is 29.7 Å². The van der Waals surface area contributed by atoms with E-state index in [0.29, 0.717) is 23.9 Å². The van der Waals surface area contributed by atoms with E-state index in [1.54, 1.807) is 0 Å². The Bertz CT molecular complexity index is 359. The largest absolute Gasteiger partial charge is 0.550 e. The van der Waals surface area contributed by atoms with E-state index in [-0.39, 0.29) is 19.3 Å². The fraction of sp³-hybridized carbons (Fsp3) is 0.812. The van der Waals surface area contributed by atoms with Crippen LogP contribution in [0, 0.1) is 0 Å². The number of aliphatic carboxylic acids is 3. The Morgan fingerprint density at radius 2 is 1.33 bits per heavy atom. The van der Waals surface area contributed by atoms with Crippen LogP contribution in [0.2, 0.25) is 0 Å². The first kappa shape index (κ1) is 24.6. The predicted molar refractivity (Wildman–Crippen MR) is 86.1 cm³/mol. The van der Waals surface area contributed by atoms with Crippen LogP contribution in [0.5, 0.6) is 0 Å². The van der Waals surface area contributed by atoms with Gasteiger partial charge in [0.25, 0.3) is 0 Å². The standard InChI is InChI=1S/C9H16O4.C7H15NO3/c10-8(11)6-4-2-1-3-5-7-9(12)13;1-8(2,3)5-6(9)4-7(10)11/h1-7H2,(H,10,11)(H,12,13);6,9H,4-5H2,1-3H3/t;6-/m.1/s1. The van der Waals surface area contributed by atoms with Crippen LogP contribution >= 0.6 is 0 Å². The van der Waals surface area contributed by atoms with Gasteiger partial charge in [0, 0.05) is 12.4 Å². The summed E-state index contributed by atoms with van der Waals surface area (Å²) in [5.74, 6) is -2.73. The molecule has 142 valence electrons. The summed E-state index contributed by atoms with van der Waals surface area (Å²) >= 11 is 0. The summed E-state index contributed by atoms with van der Waals surface area (Å²) in [7, 11) is 5.72. The highest BCUT2D eigenvalue weighted by Crippen LogP contribution is 2.06. The second-order valence-electron chi connectivity index (χ2n) is 6.76. The first-order chi connectivity index (χ1) is 10.9. The first-order valence-corrected chi connectivity index (χ1v) is 8.06. The minimum atomic E-state index is -1.01. The highest BCUT2D eigenvalue weighted by atomic mass is 16.4. The van der Waals surface area contributed by atoms with Crippen molar-refractivity contribution in [3.05, 3.63) is 0 Å². The van der Waals surface area contributed by atoms with E-state index < -0.39 is 24.0 Å². The molecule has 0 aliphatic carbocycles. The number of carboxylic acid groups (broad SMARTS) is 3. The lowest BCUT2D eigenvalue weighted by Crippen LogP contribution is -2.42. The third-order valence-corrected chi connectivity index (χ3v) is 2.94. The van der Waals surface area contributed by atoms with E-state index in [1.807, 2.05) is 21.1 Å². The SMILES string of the molecule is C[N+](C)(C)C[C@H](O)CC(=O)O.O=C([O-])CCCCCCCC(=O)O. The Kier molecular flexibility index (Phi) is 14.1. The number of quaternary nitrogens is 1. The van der Waals surface area contributed by atoms with Crippen LogP contribution in [0.15, 0.2) is 0 Å². The van der Waals surface area contributed by atoms with Crippen molar-refractivity contribution in [2.24, 2.45) is 0 Å². The molecule has 0 aromatic heterocycles. The average Bonchev–Trinajstić information content (AvgIpc) is 2.34. The Morgan fingerprint density at radius 3 is 1.71 bits per heavy atom. The fourth-order valence-electron chi connectivity index (χ4n) is 1.97. The van der Waals surface area contributed by atoms with Crippen LogP contribution < -0.4 is 5.11 Å². The summed E-state index contributed by atoms with van der Waals surface area (Å²) < 4.78 is 0.578. The number of hydrogen-bond donors (Lipinski definition) is 3. The van der Waals surface area contributed by atoms with Gasteiger partial charge in [0.2, 0.25) is 0 Å². The molecule has 3 N–H and O–H groups in total. The van der Waals surface area contributed by atoms with Crippen LogP contribution in [0.3, 0.4) is 0 Å². The number of unbranched alkanes of at least 4 members (excludes halogenated alkanes) is 4. The lowest BCUT2D eigenvalue weighted by molar-refractivity contribution is -0.873. The van der Waals surface area contributed by atoms with Gasteiger partial charge in [-0.1, -0.05) is 19.3 Å². The molecule has 0 aromatic carbocycles. The molecule has 0 heterocycles. The number of aliphatic hydroxyl groups is 1. The monoisotopic (exact) mass is 349 g/mol. The summed E-state index contributed by atoms with van der Waals surface area (Å²) in [5.41, 5.74) is 0. The molecule has 0 unspecified atom stereocenters. The minimum Gasteiger partial charge on any atom is -0.550 e. The molecular weight excluding hydrogens is 318 g/mol. The minimum absolute atomic E-state index is 0.110. The molecule has 1 atom stereocenters. The lowest BCUT2D eigenvalue weighted by atomic mass is 10.1. The van der Waals surface area contributed by atoms with Crippen LogP contribution in [0.25, 0.3) is 0 Å². The van der Waals surface area contributed by atoms with Crippen molar-refractivity contribution in [2.75, 3.05) is 27.7 Å². The maximum atomic E-state index is 10.1. The molecule has 0 rings (SSSR count). The van der Waals surface area contributed by atoms with Crippen molar-refractivity contribution in [1.29, 1.82) is 0 Å². The van der Waals surface area contributed by atoms with Crippen LogP contribution in [0.1, 0.15) is 51.4 Å². The highest BCUT2D eigenvalue weighted by molar-refractivity contribution is 5.67. The molecule has 8 heteroatoms. The molecule has 0 bridgehead atoms. The molecule has 8 nitrogen and oxygen atoms in total. The molecule has 0 aliphatic rings. The molecule has 24 heavy (non-hydrogen) atoms. The number of carbonyl (C=O) groups is 3. The first-order valence-electron chi connectivity index (χ1n) is 8.06. The van der Waals surface area contributed by atoms with Gasteiger partial charge in [0.15, 0.2) is 0 Å². The van der Waals surface area contributed by atoms with Crippen LogP contribution in [-0.4, -0.2) is 71.5 Å². The molecule has 0 saturated heterocycles. The van der Waals surface area contributed by atoms with Gasteiger partial charge in [0.05, 0.1) is 27.6 Å². The van der Waals surface area contributed by atoms with E-state index in [1.165, 1.54) is 0 Å². The van der Waals surface area contributed by atoms with Crippen molar-refractivity contribution >= 4 is 17.9 Å². The number of carboxylic acids is 3. The normalized spacial score (nSPS) is 12.0. The maximum Gasteiger partial charge on any atom is 0.306 e. The third kappa shape index (κ3) is 25.3. The molecule has 0 saturated carbocycles. The van der Waals surface area contributed by atoms with E-state index >= 15 is 0 Å². The van der Waals surface area contributed by atoms with Gasteiger partial charge in [-0.3, -0.25) is 9.59 Å². The number of likely N-dealkylation sites (N-methyl/N-ethyl adjacent to an activating group) is 1. The molecule has 0 fully saturated rings. The molecule has 0 spiro atoms. The Labute approximate surface area is 143 Å². The summed E-state index contributed by atoms with van der Waals surface area (Å²) in [4.78, 5) is 30.2. The molecular formula is C16H31NO7. The van der Waals surface area contributed by atoms with E-state index in [0.717, 1.165) is 19.3 Å². The maximum absolute atomic E-state index is 10.1. The van der Waals surface area contributed by atoms with Gasteiger partial charge in [-0.15, -0.1) is 0 Å². The van der Waals surface area contributed by atoms with Crippen molar-refractivity contribution in [3.63, 3.8) is 0 Å². The van der Waals surface area contributed by atoms with Crippen molar-refractivity contribution in [3.8, 4) is 0 Å². The Balaban J connectivity index is 0. The summed E-state index contributed by atoms with van der Waals surface area (Å²) in [6.45, 7) is 0.465. The van der Waals surface area contributed by atoms with E-state index in [2.05, 4.69) is 0 Å². The zero-order valence-corrected chi connectivity index (χ0v) is 14.9. The van der Waals surface area contributed by atoms with Crippen molar-refractivity contribution in [2.45, 2.75) is 57.5 Å². The quantitative estimate of drug-likeness (QED) is 0.335. The summed E-state index contributed by atoms with van der Waals surface area (Å²) in [6.07, 6.45) is 3.32. The molecule has 0 radical (unpaired) electrons. The smallest absolute Gasteiger partial charge is 0.306 e. The average molecular weight is 349 g/mol. The zero-order chi connectivity index (χ0) is 19.2. The van der Waals surface area contributed by atoms with Gasteiger partial charge >= 0.3 is 11.9 Å². The number of nitrogens with zero attached hydrogens (tertiary/aromatic N) is 1. The van der Waals surface area contributed by atoms with Crippen LogP contribution in [0.4, 0.5) is 0 Å². The second-order valence-corrected chi connectivity index (χ2v) is 6.76. The summed E-state index contributed by atoms with van der Waals surface area (Å²) in [6, 6.07) is 0. The number of aliphatic hydroxyl groups excluding tert-OH is 1. The third-order valence-electron chi connectivity index (χ3n) is 2.94. The second kappa shape index (κ2) is 13.7. The van der Waals surface area contributed by atoms with Crippen molar-refractivity contribution < 1.29 is 39.3 Å². The van der Waals surface area contributed by atoms with Gasteiger partial charge in [-0.25, -0.2) is 0 Å². The zero-order valence-electron chi connectivity index (χ0n) is 14.9. The van der Waals surface area contributed by atoms with Crippen molar-refractivity contribution in [1.82, 2.24) is 0 Å². The Morgan fingerprint density at radius 1 is 0.875 bits per heavy atom. The van der Waals surface area contributed by atoms with Crippen LogP contribution in [-0.2, 0) is 14.4 Å². The molecule has 0 aliphatic heterocycles. The van der Waals surface area contributed by atoms with Gasteiger partial charge in [-0.2, -0.15) is 0 Å². The highest BCUT2D eigenvalue weighted by Gasteiger charge is 2.17. The van der Waals surface area contributed by atoms with E-state index in [4.69, 9.17) is 15.3 Å². The number of carbonyl (C=O) groups excluding carboxylic acids is 1. The molecule has 0 amide bonds. The van der Waals surface area contributed by atoms with Gasteiger partial charge in [-0.05, 0) is 19.3 Å². The lowest BCUT2D eigenvalue weighted by Gasteiger charge is -2.25. The Hall–Kier alpha value is -1.67. The topological polar surface area (TPSA) is 135 Å². The summed E-state index contributed by atoms with van der Waals surface area (Å²) in [5, 5.41) is 35.8. The fourth-order valence-corrected chi connectivity index (χ4v) is 1.97. The van der Waals surface area contributed by atoms with E-state index in [9.17, 15) is 19.5 Å². The van der Waals surface area contributed by atoms with Gasteiger partial charge in [0.1, 0.15) is 12.6 Å². The number of hydrogen-bond acceptors (Lipinski definition) is 5. The predicted octanol–water partition coefficient (Wildman–Crippen LogP) is 0.0798. The molecule has 0 aromatic rings.